The van der Waals surface area contributed by atoms with E-state index in [0.717, 1.165) is 5.52 Å². The van der Waals surface area contributed by atoms with Crippen LogP contribution in [-0.2, 0) is 9.53 Å². The quantitative estimate of drug-likeness (QED) is 0.917. The SMILES string of the molecule is CCN(c1nc2ccccc2o1)C1COCC1C(=O)O. The van der Waals surface area contributed by atoms with Crippen molar-refractivity contribution in [3.8, 4) is 0 Å². The van der Waals surface area contributed by atoms with E-state index in [1.54, 1.807) is 0 Å². The van der Waals surface area contributed by atoms with Gasteiger partial charge in [-0.25, -0.2) is 0 Å². The average Bonchev–Trinajstić information content (AvgIpc) is 3.05. The van der Waals surface area contributed by atoms with Gasteiger partial charge in [0.05, 0.1) is 19.3 Å². The molecule has 20 heavy (non-hydrogen) atoms. The summed E-state index contributed by atoms with van der Waals surface area (Å²) in [5, 5.41) is 9.26. The molecule has 0 bridgehead atoms. The van der Waals surface area contributed by atoms with Crippen molar-refractivity contribution < 1.29 is 19.1 Å². The van der Waals surface area contributed by atoms with Crippen LogP contribution in [0, 0.1) is 5.92 Å². The Hall–Kier alpha value is -2.08. The van der Waals surface area contributed by atoms with Crippen LogP contribution in [0.1, 0.15) is 6.92 Å². The summed E-state index contributed by atoms with van der Waals surface area (Å²) in [5.41, 5.74) is 1.47. The number of hydrogen-bond acceptors (Lipinski definition) is 5. The van der Waals surface area contributed by atoms with Crippen LogP contribution >= 0.6 is 0 Å². The lowest BCUT2D eigenvalue weighted by molar-refractivity contribution is -0.142. The maximum Gasteiger partial charge on any atom is 0.311 e. The molecule has 1 aromatic heterocycles. The maximum absolute atomic E-state index is 11.3. The normalized spacial score (nSPS) is 22.2. The highest BCUT2D eigenvalue weighted by Crippen LogP contribution is 2.28. The standard InChI is InChI=1S/C14H16N2O4/c1-2-16(11-8-19-7-9(11)13(17)18)14-15-10-5-3-4-6-12(10)20-14/h3-6,9,11H,2,7-8H2,1H3,(H,17,18). The number of carboxylic acid groups (broad SMARTS) is 1. The average molecular weight is 276 g/mol. The molecular formula is C14H16N2O4. The number of carboxylic acids is 1. The van der Waals surface area contributed by atoms with Crippen LogP contribution in [0.4, 0.5) is 6.01 Å². The van der Waals surface area contributed by atoms with Gasteiger partial charge in [0.1, 0.15) is 11.4 Å². The number of carbonyl (C=O) groups is 1. The summed E-state index contributed by atoms with van der Waals surface area (Å²) in [4.78, 5) is 17.6. The Bertz CT molecular complexity index is 591. The number of rotatable bonds is 4. The fourth-order valence-corrected chi connectivity index (χ4v) is 2.58. The van der Waals surface area contributed by atoms with Gasteiger partial charge in [-0.15, -0.1) is 0 Å². The van der Waals surface area contributed by atoms with Crippen molar-refractivity contribution in [1.82, 2.24) is 4.98 Å². The fraction of sp³-hybridized carbons (Fsp3) is 0.429. The third-order valence-corrected chi connectivity index (χ3v) is 3.64. The van der Waals surface area contributed by atoms with Crippen molar-refractivity contribution in [2.45, 2.75) is 13.0 Å². The molecule has 0 radical (unpaired) electrons. The third kappa shape index (κ3) is 2.12. The molecule has 2 heterocycles. The molecular weight excluding hydrogens is 260 g/mol. The van der Waals surface area contributed by atoms with Crippen LogP contribution in [0.3, 0.4) is 0 Å². The Balaban J connectivity index is 1.94. The molecule has 1 aliphatic heterocycles. The van der Waals surface area contributed by atoms with E-state index in [9.17, 15) is 9.90 Å². The largest absolute Gasteiger partial charge is 0.481 e. The van der Waals surface area contributed by atoms with E-state index in [4.69, 9.17) is 9.15 Å². The number of benzene rings is 1. The van der Waals surface area contributed by atoms with E-state index in [-0.39, 0.29) is 12.6 Å². The monoisotopic (exact) mass is 276 g/mol. The van der Waals surface area contributed by atoms with Crippen molar-refractivity contribution in [2.24, 2.45) is 5.92 Å². The van der Waals surface area contributed by atoms with E-state index >= 15 is 0 Å². The Kier molecular flexibility index (Phi) is 3.31. The van der Waals surface area contributed by atoms with E-state index in [1.807, 2.05) is 36.1 Å². The predicted octanol–water partition coefficient (Wildman–Crippen LogP) is 1.75. The molecule has 1 fully saturated rings. The molecule has 106 valence electrons. The highest BCUT2D eigenvalue weighted by Gasteiger charge is 2.39. The Morgan fingerprint density at radius 2 is 2.25 bits per heavy atom. The predicted molar refractivity (Wildman–Crippen MR) is 72.8 cm³/mol. The van der Waals surface area contributed by atoms with Gasteiger partial charge in [0.15, 0.2) is 5.58 Å². The van der Waals surface area contributed by atoms with Gasteiger partial charge in [0.25, 0.3) is 6.01 Å². The summed E-state index contributed by atoms with van der Waals surface area (Å²) in [5.74, 6) is -1.40. The topological polar surface area (TPSA) is 75.8 Å². The molecule has 1 saturated heterocycles. The molecule has 0 amide bonds. The molecule has 6 heteroatoms. The minimum atomic E-state index is -0.845. The van der Waals surface area contributed by atoms with Crippen LogP contribution in [0.15, 0.2) is 28.7 Å². The zero-order valence-corrected chi connectivity index (χ0v) is 11.2. The molecule has 2 unspecified atom stereocenters. The minimum absolute atomic E-state index is 0.233. The van der Waals surface area contributed by atoms with Gasteiger partial charge in [-0.05, 0) is 19.1 Å². The summed E-state index contributed by atoms with van der Waals surface area (Å²) < 4.78 is 11.0. The second-order valence-electron chi connectivity index (χ2n) is 4.80. The molecule has 1 aromatic carbocycles. The van der Waals surface area contributed by atoms with Crippen molar-refractivity contribution in [1.29, 1.82) is 0 Å². The molecule has 6 nitrogen and oxygen atoms in total. The number of likely N-dealkylation sites (N-methyl/N-ethyl adjacent to an activating group) is 1. The second-order valence-corrected chi connectivity index (χ2v) is 4.80. The molecule has 3 rings (SSSR count). The third-order valence-electron chi connectivity index (χ3n) is 3.64. The molecule has 2 atom stereocenters. The zero-order chi connectivity index (χ0) is 14.1. The van der Waals surface area contributed by atoms with E-state index in [0.29, 0.717) is 24.7 Å². The lowest BCUT2D eigenvalue weighted by atomic mass is 10.0. The zero-order valence-electron chi connectivity index (χ0n) is 11.2. The highest BCUT2D eigenvalue weighted by atomic mass is 16.5. The van der Waals surface area contributed by atoms with Gasteiger partial charge in [-0.1, -0.05) is 12.1 Å². The molecule has 2 aromatic rings. The summed E-state index contributed by atoms with van der Waals surface area (Å²) >= 11 is 0. The highest BCUT2D eigenvalue weighted by molar-refractivity contribution is 5.75. The number of anilines is 1. The van der Waals surface area contributed by atoms with Crippen molar-refractivity contribution in [2.75, 3.05) is 24.7 Å². The van der Waals surface area contributed by atoms with Crippen LogP contribution in [0.5, 0.6) is 0 Å². The number of oxazole rings is 1. The Morgan fingerprint density at radius 3 is 2.95 bits per heavy atom. The number of aliphatic carboxylic acids is 1. The van der Waals surface area contributed by atoms with E-state index < -0.39 is 11.9 Å². The van der Waals surface area contributed by atoms with Crippen molar-refractivity contribution in [3.05, 3.63) is 24.3 Å². The van der Waals surface area contributed by atoms with Crippen LogP contribution < -0.4 is 4.90 Å². The van der Waals surface area contributed by atoms with Gasteiger partial charge in [-0.3, -0.25) is 4.79 Å². The Labute approximate surface area is 116 Å². The number of hydrogen-bond donors (Lipinski definition) is 1. The first kappa shape index (κ1) is 12.9. The molecule has 0 saturated carbocycles. The smallest absolute Gasteiger partial charge is 0.311 e. The lowest BCUT2D eigenvalue weighted by Crippen LogP contribution is -2.43. The number of para-hydroxylation sites is 2. The maximum atomic E-state index is 11.3. The van der Waals surface area contributed by atoms with Crippen molar-refractivity contribution >= 4 is 23.1 Å². The first-order chi connectivity index (χ1) is 9.70. The lowest BCUT2D eigenvalue weighted by Gasteiger charge is -2.27. The first-order valence-electron chi connectivity index (χ1n) is 6.63. The van der Waals surface area contributed by atoms with Gasteiger partial charge in [0, 0.05) is 6.54 Å². The van der Waals surface area contributed by atoms with Gasteiger partial charge >= 0.3 is 5.97 Å². The number of nitrogens with zero attached hydrogens (tertiary/aromatic N) is 2. The van der Waals surface area contributed by atoms with Crippen molar-refractivity contribution in [3.63, 3.8) is 0 Å². The molecule has 1 aliphatic rings. The van der Waals surface area contributed by atoms with Gasteiger partial charge in [0.2, 0.25) is 0 Å². The van der Waals surface area contributed by atoms with E-state index in [1.165, 1.54) is 0 Å². The number of ether oxygens (including phenoxy) is 1. The number of fused-ring (bicyclic) bond motifs is 1. The summed E-state index contributed by atoms with van der Waals surface area (Å²) in [6, 6.07) is 7.70. The minimum Gasteiger partial charge on any atom is -0.481 e. The van der Waals surface area contributed by atoms with Crippen LogP contribution in [0.25, 0.3) is 11.1 Å². The number of aromatic nitrogens is 1. The summed E-state index contributed by atoms with van der Waals surface area (Å²) in [6.45, 7) is 3.18. The fourth-order valence-electron chi connectivity index (χ4n) is 2.58. The molecule has 1 N–H and O–H groups in total. The second kappa shape index (κ2) is 5.13. The molecule has 0 spiro atoms. The van der Waals surface area contributed by atoms with Gasteiger partial charge in [-0.2, -0.15) is 4.98 Å². The summed E-state index contributed by atoms with van der Waals surface area (Å²) in [6.07, 6.45) is 0. The molecule has 0 aliphatic carbocycles. The van der Waals surface area contributed by atoms with Crippen LogP contribution in [-0.4, -0.2) is 41.9 Å². The van der Waals surface area contributed by atoms with E-state index in [2.05, 4.69) is 4.98 Å². The first-order valence-corrected chi connectivity index (χ1v) is 6.63. The van der Waals surface area contributed by atoms with Crippen LogP contribution in [0.2, 0.25) is 0 Å². The summed E-state index contributed by atoms with van der Waals surface area (Å²) in [7, 11) is 0. The van der Waals surface area contributed by atoms with Gasteiger partial charge < -0.3 is 19.2 Å². The Morgan fingerprint density at radius 1 is 1.45 bits per heavy atom.